The number of anilines is 1. The van der Waals surface area contributed by atoms with E-state index in [1.807, 2.05) is 44.2 Å². The van der Waals surface area contributed by atoms with Crippen molar-refractivity contribution in [3.05, 3.63) is 101 Å². The number of hydrogen-bond acceptors (Lipinski definition) is 4. The lowest BCUT2D eigenvalue weighted by molar-refractivity contribution is -0.140. The normalized spacial score (nSPS) is 12.8. The summed E-state index contributed by atoms with van der Waals surface area (Å²) in [5, 5.41) is 3.47. The number of carbonyl (C=O) groups is 2. The number of amides is 2. The molecule has 208 valence electrons. The summed E-state index contributed by atoms with van der Waals surface area (Å²) in [4.78, 5) is 28.9. The van der Waals surface area contributed by atoms with Crippen LogP contribution in [0.25, 0.3) is 0 Å². The lowest BCUT2D eigenvalue weighted by atomic mass is 10.0. The van der Waals surface area contributed by atoms with E-state index in [1.165, 1.54) is 23.1 Å². The molecule has 3 aromatic carbocycles. The van der Waals surface area contributed by atoms with Gasteiger partial charge in [-0.05, 0) is 48.7 Å². The minimum absolute atomic E-state index is 0.0102. The first-order valence-corrected chi connectivity index (χ1v) is 14.8. The van der Waals surface area contributed by atoms with Crippen LogP contribution in [0.4, 0.5) is 10.1 Å². The summed E-state index contributed by atoms with van der Waals surface area (Å²) in [6, 6.07) is 20.3. The number of nitrogens with one attached hydrogen (secondary N) is 1. The van der Waals surface area contributed by atoms with Crippen LogP contribution in [0.15, 0.2) is 78.9 Å². The first-order valence-electron chi connectivity index (χ1n) is 12.6. The van der Waals surface area contributed by atoms with Crippen LogP contribution >= 0.6 is 11.6 Å². The summed E-state index contributed by atoms with van der Waals surface area (Å²) in [5.74, 6) is -1.80. The van der Waals surface area contributed by atoms with Gasteiger partial charge in [-0.3, -0.25) is 13.9 Å². The van der Waals surface area contributed by atoms with Gasteiger partial charge in [-0.2, -0.15) is 0 Å². The molecule has 2 atom stereocenters. The third-order valence-corrected chi connectivity index (χ3v) is 7.72. The molecule has 39 heavy (non-hydrogen) atoms. The summed E-state index contributed by atoms with van der Waals surface area (Å²) in [6.07, 6.45) is 1.79. The van der Waals surface area contributed by atoms with E-state index in [0.717, 1.165) is 22.2 Å². The van der Waals surface area contributed by atoms with Crippen LogP contribution in [0.1, 0.15) is 31.4 Å². The zero-order valence-electron chi connectivity index (χ0n) is 22.2. The van der Waals surface area contributed by atoms with Crippen molar-refractivity contribution >= 4 is 39.1 Å². The first kappa shape index (κ1) is 30.1. The lowest BCUT2D eigenvalue weighted by Gasteiger charge is -2.34. The van der Waals surface area contributed by atoms with Crippen molar-refractivity contribution in [2.45, 2.75) is 45.3 Å². The topological polar surface area (TPSA) is 86.8 Å². The highest BCUT2D eigenvalue weighted by molar-refractivity contribution is 7.92. The molecule has 3 rings (SSSR count). The third kappa shape index (κ3) is 8.53. The fraction of sp³-hybridized carbons (Fsp3) is 0.310. The number of para-hydroxylation sites is 1. The van der Waals surface area contributed by atoms with Gasteiger partial charge in [-0.1, -0.05) is 73.1 Å². The zero-order chi connectivity index (χ0) is 28.6. The van der Waals surface area contributed by atoms with Gasteiger partial charge in [0.1, 0.15) is 18.4 Å². The van der Waals surface area contributed by atoms with Gasteiger partial charge < -0.3 is 10.2 Å². The van der Waals surface area contributed by atoms with Crippen LogP contribution in [0.3, 0.4) is 0 Å². The highest BCUT2D eigenvalue weighted by atomic mass is 35.5. The molecule has 0 bridgehead atoms. The summed E-state index contributed by atoms with van der Waals surface area (Å²) in [6.45, 7) is 3.13. The number of nitrogens with zero attached hydrogens (tertiary/aromatic N) is 2. The van der Waals surface area contributed by atoms with E-state index in [1.54, 1.807) is 24.3 Å². The lowest BCUT2D eigenvalue weighted by Crippen LogP contribution is -2.54. The van der Waals surface area contributed by atoms with E-state index >= 15 is 0 Å². The highest BCUT2D eigenvalue weighted by Crippen LogP contribution is 2.23. The quantitative estimate of drug-likeness (QED) is 0.337. The molecule has 0 aliphatic rings. The standard InChI is InChI=1S/C29H33ClFN3O4S/c1-4-21(2)32-29(36)27(18-22-10-6-5-7-11-22)33(19-23-14-16-24(30)17-15-23)28(35)20-34(39(3,37)38)26-13-9-8-12-25(26)31/h5-17,21,27H,4,18-20H2,1-3H3,(H,32,36)/t21-,27+/m0/s1. The Morgan fingerprint density at radius 2 is 1.56 bits per heavy atom. The van der Waals surface area contributed by atoms with Crippen LogP contribution in [0, 0.1) is 5.82 Å². The van der Waals surface area contributed by atoms with Crippen molar-refractivity contribution in [3.8, 4) is 0 Å². The average molecular weight is 574 g/mol. The molecule has 1 N–H and O–H groups in total. The first-order chi connectivity index (χ1) is 18.5. The average Bonchev–Trinajstić information content (AvgIpc) is 2.90. The summed E-state index contributed by atoms with van der Waals surface area (Å²) >= 11 is 6.05. The Balaban J connectivity index is 2.06. The van der Waals surface area contributed by atoms with Crippen molar-refractivity contribution in [2.75, 3.05) is 17.1 Å². The molecule has 7 nitrogen and oxygen atoms in total. The van der Waals surface area contributed by atoms with Gasteiger partial charge in [0.2, 0.25) is 21.8 Å². The molecule has 0 aliphatic carbocycles. The molecule has 0 saturated carbocycles. The number of carbonyl (C=O) groups excluding carboxylic acids is 2. The maximum atomic E-state index is 14.7. The summed E-state index contributed by atoms with van der Waals surface area (Å²) < 4.78 is 40.8. The smallest absolute Gasteiger partial charge is 0.244 e. The van der Waals surface area contributed by atoms with E-state index in [-0.39, 0.29) is 30.6 Å². The Bertz CT molecular complexity index is 1370. The van der Waals surface area contributed by atoms with Gasteiger partial charge in [0.25, 0.3) is 0 Å². The van der Waals surface area contributed by atoms with Crippen LogP contribution in [0.5, 0.6) is 0 Å². The van der Waals surface area contributed by atoms with Crippen molar-refractivity contribution in [2.24, 2.45) is 0 Å². The maximum absolute atomic E-state index is 14.7. The van der Waals surface area contributed by atoms with Gasteiger partial charge in [-0.25, -0.2) is 12.8 Å². The van der Waals surface area contributed by atoms with Crippen LogP contribution in [0.2, 0.25) is 5.02 Å². The maximum Gasteiger partial charge on any atom is 0.244 e. The SMILES string of the molecule is CC[C@H](C)NC(=O)[C@@H](Cc1ccccc1)N(Cc1ccc(Cl)cc1)C(=O)CN(c1ccccc1F)S(C)(=O)=O. The summed E-state index contributed by atoms with van der Waals surface area (Å²) in [7, 11) is -4.05. The fourth-order valence-corrected chi connectivity index (χ4v) is 5.01. The zero-order valence-corrected chi connectivity index (χ0v) is 23.8. The predicted octanol–water partition coefficient (Wildman–Crippen LogP) is 4.80. The van der Waals surface area contributed by atoms with Crippen LogP contribution < -0.4 is 9.62 Å². The minimum atomic E-state index is -4.05. The second-order valence-electron chi connectivity index (χ2n) is 9.39. The monoisotopic (exact) mass is 573 g/mol. The van der Waals surface area contributed by atoms with E-state index in [4.69, 9.17) is 11.6 Å². The number of halogens is 2. The molecule has 0 heterocycles. The van der Waals surface area contributed by atoms with Gasteiger partial charge in [0.15, 0.2) is 0 Å². The number of sulfonamides is 1. The van der Waals surface area contributed by atoms with Gasteiger partial charge in [-0.15, -0.1) is 0 Å². The van der Waals surface area contributed by atoms with Gasteiger partial charge in [0, 0.05) is 24.0 Å². The van der Waals surface area contributed by atoms with E-state index < -0.39 is 34.3 Å². The predicted molar refractivity (Wildman–Crippen MR) is 152 cm³/mol. The number of hydrogen-bond donors (Lipinski definition) is 1. The van der Waals surface area contributed by atoms with Crippen molar-refractivity contribution in [3.63, 3.8) is 0 Å². The Morgan fingerprint density at radius 1 is 0.949 bits per heavy atom. The molecule has 10 heteroatoms. The third-order valence-electron chi connectivity index (χ3n) is 6.34. The second kappa shape index (κ2) is 13.6. The molecule has 0 spiro atoms. The van der Waals surface area contributed by atoms with Crippen LogP contribution in [-0.2, 0) is 32.6 Å². The van der Waals surface area contributed by atoms with E-state index in [0.29, 0.717) is 17.0 Å². The molecule has 0 saturated heterocycles. The molecular formula is C29H33ClFN3O4S. The number of rotatable bonds is 12. The number of benzene rings is 3. The van der Waals surface area contributed by atoms with E-state index in [2.05, 4.69) is 5.32 Å². The molecule has 2 amide bonds. The van der Waals surface area contributed by atoms with Crippen LogP contribution in [-0.4, -0.2) is 50.0 Å². The molecule has 0 aliphatic heterocycles. The minimum Gasteiger partial charge on any atom is -0.352 e. The second-order valence-corrected chi connectivity index (χ2v) is 11.7. The Labute approximate surface area is 234 Å². The molecule has 0 aromatic heterocycles. The molecule has 3 aromatic rings. The Kier molecular flexibility index (Phi) is 10.5. The molecule has 0 radical (unpaired) electrons. The van der Waals surface area contributed by atoms with Crippen molar-refractivity contribution < 1.29 is 22.4 Å². The Hall–Kier alpha value is -3.43. The molecular weight excluding hydrogens is 541 g/mol. The van der Waals surface area contributed by atoms with Crippen molar-refractivity contribution in [1.82, 2.24) is 10.2 Å². The largest absolute Gasteiger partial charge is 0.352 e. The van der Waals surface area contributed by atoms with Gasteiger partial charge >= 0.3 is 0 Å². The fourth-order valence-electron chi connectivity index (χ4n) is 4.03. The van der Waals surface area contributed by atoms with Gasteiger partial charge in [0.05, 0.1) is 11.9 Å². The Morgan fingerprint density at radius 3 is 2.15 bits per heavy atom. The van der Waals surface area contributed by atoms with Crippen molar-refractivity contribution in [1.29, 1.82) is 0 Å². The van der Waals surface area contributed by atoms with E-state index in [9.17, 15) is 22.4 Å². The molecule has 0 unspecified atom stereocenters. The molecule has 0 fully saturated rings. The summed E-state index contributed by atoms with van der Waals surface area (Å²) in [5.41, 5.74) is 1.27. The highest BCUT2D eigenvalue weighted by Gasteiger charge is 2.34.